The maximum atomic E-state index is 14.4. The smallest absolute Gasteiger partial charge is 0.350 e. The molecule has 0 unspecified atom stereocenters. The van der Waals surface area contributed by atoms with Gasteiger partial charge in [0.05, 0.1) is 21.0 Å². The van der Waals surface area contributed by atoms with Crippen molar-refractivity contribution in [1.82, 2.24) is 9.78 Å². The maximum Gasteiger partial charge on any atom is 0.350 e. The molecule has 0 radical (unpaired) electrons. The van der Waals surface area contributed by atoms with Crippen LogP contribution in [0.25, 0.3) is 10.8 Å². The van der Waals surface area contributed by atoms with Gasteiger partial charge in [-0.3, -0.25) is 0 Å². The molecule has 0 bridgehead atoms. The number of ether oxygens (including phenoxy) is 2. The summed E-state index contributed by atoms with van der Waals surface area (Å²) in [6, 6.07) is 12.8. The van der Waals surface area contributed by atoms with Crippen LogP contribution in [0.1, 0.15) is 26.5 Å². The zero-order valence-electron chi connectivity index (χ0n) is 20.2. The highest BCUT2D eigenvalue weighted by Crippen LogP contribution is 2.43. The average molecular weight is 537 g/mol. The molecule has 0 saturated carbocycles. The van der Waals surface area contributed by atoms with E-state index in [1.165, 1.54) is 11.6 Å². The molecular weight excluding hydrogens is 515 g/mol. The van der Waals surface area contributed by atoms with Crippen LogP contribution in [0, 0.1) is 36.0 Å². The fourth-order valence-corrected chi connectivity index (χ4v) is 4.43. The van der Waals surface area contributed by atoms with Gasteiger partial charge in [-0.1, -0.05) is 42.1 Å². The number of rotatable bonds is 6. The number of benzene rings is 3. The van der Waals surface area contributed by atoms with E-state index < -0.39 is 52.1 Å². The summed E-state index contributed by atoms with van der Waals surface area (Å²) in [5, 5.41) is 6.16. The zero-order chi connectivity index (χ0) is 27.1. The number of fused-ring (bicyclic) bond motifs is 1. The van der Waals surface area contributed by atoms with E-state index in [4.69, 9.17) is 9.47 Å². The van der Waals surface area contributed by atoms with Gasteiger partial charge in [0.1, 0.15) is 5.75 Å². The van der Waals surface area contributed by atoms with Gasteiger partial charge in [-0.15, -0.1) is 0 Å². The quantitative estimate of drug-likeness (QED) is 0.116. The Balaban J connectivity index is 1.63. The number of aromatic nitrogens is 2. The summed E-state index contributed by atoms with van der Waals surface area (Å²) in [6.07, 6.45) is 0. The van der Waals surface area contributed by atoms with E-state index in [-0.39, 0.29) is 28.2 Å². The summed E-state index contributed by atoms with van der Waals surface area (Å²) in [5.41, 5.74) is -0.614. The molecular formula is C26H21F5N2O3S. The lowest BCUT2D eigenvalue weighted by Crippen LogP contribution is -2.27. The highest BCUT2D eigenvalue weighted by atomic mass is 32.2. The predicted octanol–water partition coefficient (Wildman–Crippen LogP) is 6.93. The highest BCUT2D eigenvalue weighted by molar-refractivity contribution is 7.99. The molecule has 1 aromatic heterocycles. The van der Waals surface area contributed by atoms with Crippen LogP contribution in [0.15, 0.2) is 52.3 Å². The lowest BCUT2D eigenvalue weighted by Gasteiger charge is -2.22. The molecule has 5 nitrogen and oxygen atoms in total. The van der Waals surface area contributed by atoms with E-state index in [1.807, 2.05) is 30.3 Å². The van der Waals surface area contributed by atoms with Gasteiger partial charge < -0.3 is 9.47 Å². The SMILES string of the molecule is Cc1nn(C(C)(C)C)c(OC(=O)COc2ccc3ccccc3c2)c1Sc1c(F)c(F)c(F)c(F)c1F. The summed E-state index contributed by atoms with van der Waals surface area (Å²) >= 11 is 0.228. The van der Waals surface area contributed by atoms with Gasteiger partial charge >= 0.3 is 5.97 Å². The van der Waals surface area contributed by atoms with Gasteiger partial charge in [0.15, 0.2) is 29.9 Å². The molecule has 0 N–H and O–H groups in total. The van der Waals surface area contributed by atoms with Crippen LogP contribution in [-0.4, -0.2) is 22.4 Å². The van der Waals surface area contributed by atoms with Crippen molar-refractivity contribution in [3.63, 3.8) is 0 Å². The number of carbonyl (C=O) groups excluding carboxylic acids is 1. The van der Waals surface area contributed by atoms with E-state index in [9.17, 15) is 26.7 Å². The second kappa shape index (κ2) is 10.0. The highest BCUT2D eigenvalue weighted by Gasteiger charge is 2.32. The summed E-state index contributed by atoms with van der Waals surface area (Å²) in [5.74, 6) is -11.1. The van der Waals surface area contributed by atoms with Crippen molar-refractivity contribution < 1.29 is 36.2 Å². The molecule has 194 valence electrons. The molecule has 0 atom stereocenters. The van der Waals surface area contributed by atoms with Crippen molar-refractivity contribution in [2.75, 3.05) is 6.61 Å². The molecule has 0 saturated heterocycles. The minimum Gasteiger partial charge on any atom is -0.482 e. The molecule has 11 heteroatoms. The molecule has 1 heterocycles. The molecule has 0 amide bonds. The van der Waals surface area contributed by atoms with Crippen LogP contribution in [0.4, 0.5) is 22.0 Å². The van der Waals surface area contributed by atoms with Crippen molar-refractivity contribution in [1.29, 1.82) is 0 Å². The van der Waals surface area contributed by atoms with Crippen LogP contribution in [-0.2, 0) is 10.3 Å². The lowest BCUT2D eigenvalue weighted by atomic mass is 10.1. The van der Waals surface area contributed by atoms with E-state index in [0.717, 1.165) is 10.8 Å². The van der Waals surface area contributed by atoms with Gasteiger partial charge in [0, 0.05) is 0 Å². The van der Waals surface area contributed by atoms with E-state index >= 15 is 0 Å². The number of hydrogen-bond donors (Lipinski definition) is 0. The number of nitrogens with zero attached hydrogens (tertiary/aromatic N) is 2. The molecule has 0 spiro atoms. The molecule has 4 aromatic rings. The second-order valence-electron chi connectivity index (χ2n) is 9.08. The zero-order valence-corrected chi connectivity index (χ0v) is 21.0. The Bertz CT molecular complexity index is 1490. The Labute approximate surface area is 213 Å². The Morgan fingerprint density at radius 3 is 2.11 bits per heavy atom. The molecule has 0 fully saturated rings. The Morgan fingerprint density at radius 2 is 1.49 bits per heavy atom. The topological polar surface area (TPSA) is 53.4 Å². The lowest BCUT2D eigenvalue weighted by molar-refractivity contribution is -0.137. The fraction of sp³-hybridized carbons (Fsp3) is 0.231. The van der Waals surface area contributed by atoms with E-state index in [0.29, 0.717) is 5.75 Å². The summed E-state index contributed by atoms with van der Waals surface area (Å²) in [4.78, 5) is 11.5. The molecule has 4 rings (SSSR count). The van der Waals surface area contributed by atoms with E-state index in [2.05, 4.69) is 5.10 Å². The van der Waals surface area contributed by atoms with Crippen molar-refractivity contribution >= 4 is 28.5 Å². The standard InChI is InChI=1S/C26H21F5N2O3S/c1-13-23(37-24-21(30)19(28)18(27)20(29)22(24)31)25(33(32-13)26(2,3)4)36-17(34)12-35-16-10-9-14-7-5-6-8-15(14)11-16/h5-11H,12H2,1-4H3. The van der Waals surface area contributed by atoms with Gasteiger partial charge in [0.25, 0.3) is 0 Å². The molecule has 37 heavy (non-hydrogen) atoms. The summed E-state index contributed by atoms with van der Waals surface area (Å²) < 4.78 is 82.1. The molecule has 0 aliphatic rings. The van der Waals surface area contributed by atoms with Crippen LogP contribution in [0.2, 0.25) is 0 Å². The third-order valence-electron chi connectivity index (χ3n) is 5.26. The molecule has 0 aliphatic carbocycles. The first-order valence-corrected chi connectivity index (χ1v) is 11.8. The third-order valence-corrected chi connectivity index (χ3v) is 6.50. The van der Waals surface area contributed by atoms with E-state index in [1.54, 1.807) is 32.9 Å². The minimum absolute atomic E-state index is 0.0859. The first-order chi connectivity index (χ1) is 17.4. The second-order valence-corrected chi connectivity index (χ2v) is 10.1. The van der Waals surface area contributed by atoms with Crippen molar-refractivity contribution in [3.8, 4) is 11.6 Å². The maximum absolute atomic E-state index is 14.4. The summed E-state index contributed by atoms with van der Waals surface area (Å²) in [6.45, 7) is 6.14. The van der Waals surface area contributed by atoms with Crippen molar-refractivity contribution in [2.24, 2.45) is 0 Å². The van der Waals surface area contributed by atoms with Crippen LogP contribution >= 0.6 is 11.8 Å². The number of esters is 1. The number of aryl methyl sites for hydroxylation is 1. The first-order valence-electron chi connectivity index (χ1n) is 11.0. The third kappa shape index (κ3) is 5.27. The fourth-order valence-electron chi connectivity index (χ4n) is 3.47. The molecule has 3 aromatic carbocycles. The molecule has 0 aliphatic heterocycles. The van der Waals surface area contributed by atoms with Crippen LogP contribution in [0.5, 0.6) is 11.6 Å². The normalized spacial score (nSPS) is 11.7. The largest absolute Gasteiger partial charge is 0.482 e. The van der Waals surface area contributed by atoms with Crippen LogP contribution in [0.3, 0.4) is 0 Å². The van der Waals surface area contributed by atoms with Crippen molar-refractivity contribution in [3.05, 3.63) is 77.2 Å². The monoisotopic (exact) mass is 536 g/mol. The van der Waals surface area contributed by atoms with Crippen molar-refractivity contribution in [2.45, 2.75) is 43.0 Å². The predicted molar refractivity (Wildman–Crippen MR) is 127 cm³/mol. The van der Waals surface area contributed by atoms with Gasteiger partial charge in [0.2, 0.25) is 11.7 Å². The van der Waals surface area contributed by atoms with Gasteiger partial charge in [-0.25, -0.2) is 31.4 Å². The Morgan fingerprint density at radius 1 is 0.892 bits per heavy atom. The average Bonchev–Trinajstić information content (AvgIpc) is 3.17. The Kier molecular flexibility index (Phi) is 7.18. The Hall–Kier alpha value is -3.60. The number of carbonyl (C=O) groups is 1. The number of halogens is 5. The minimum atomic E-state index is -2.26. The number of hydrogen-bond acceptors (Lipinski definition) is 5. The van der Waals surface area contributed by atoms with Gasteiger partial charge in [-0.05, 0) is 50.6 Å². The van der Waals surface area contributed by atoms with Crippen LogP contribution < -0.4 is 9.47 Å². The first kappa shape index (κ1) is 26.5. The summed E-state index contributed by atoms with van der Waals surface area (Å²) in [7, 11) is 0. The van der Waals surface area contributed by atoms with Gasteiger partial charge in [-0.2, -0.15) is 5.10 Å².